The lowest BCUT2D eigenvalue weighted by Crippen LogP contribution is -2.56. The Morgan fingerprint density at radius 2 is 1.41 bits per heavy atom. The number of ether oxygens (including phenoxy) is 4. The number of hydrogen-bond acceptors (Lipinski definition) is 10. The van der Waals surface area contributed by atoms with Gasteiger partial charge < -0.3 is 29.0 Å². The van der Waals surface area contributed by atoms with E-state index in [-0.39, 0.29) is 38.0 Å². The first kappa shape index (κ1) is 39.3. The first-order chi connectivity index (χ1) is 28.4. The van der Waals surface area contributed by atoms with Crippen LogP contribution in [0.5, 0.6) is 5.75 Å². The second-order valence-corrected chi connectivity index (χ2v) is 15.3. The van der Waals surface area contributed by atoms with E-state index >= 15 is 14.4 Å². The topological polar surface area (TPSA) is 135 Å². The zero-order valence-corrected chi connectivity index (χ0v) is 32.6. The molecule has 0 aromatic heterocycles. The molecule has 6 unspecified atom stereocenters. The minimum atomic E-state index is -1.84. The highest BCUT2D eigenvalue weighted by Crippen LogP contribution is 2.66. The SMILES string of the molecule is COCCOC(=O)N1C(=O)C2(c3ccccc31)C(C(=O)N1CCCCCCC1)C1C(=O)OC(c3ccccc3)C(c3ccccc3)N1C2c1cccc(OCCO)c1. The van der Waals surface area contributed by atoms with Gasteiger partial charge in [-0.05, 0) is 53.3 Å². The molecule has 1 N–H and O–H groups in total. The predicted octanol–water partition coefficient (Wildman–Crippen LogP) is 6.30. The number of methoxy groups -OCH3 is 1. The summed E-state index contributed by atoms with van der Waals surface area (Å²) in [6, 6.07) is 30.5. The van der Waals surface area contributed by atoms with Crippen molar-refractivity contribution in [1.29, 1.82) is 0 Å². The van der Waals surface area contributed by atoms with Crippen molar-refractivity contribution in [2.75, 3.05) is 51.5 Å². The molecule has 1 spiro atoms. The zero-order valence-electron chi connectivity index (χ0n) is 32.6. The van der Waals surface area contributed by atoms with E-state index in [4.69, 9.17) is 18.9 Å². The second kappa shape index (κ2) is 17.1. The normalized spacial score (nSPS) is 25.7. The van der Waals surface area contributed by atoms with Gasteiger partial charge in [-0.3, -0.25) is 19.3 Å². The minimum absolute atomic E-state index is 0.0274. The van der Waals surface area contributed by atoms with E-state index in [2.05, 4.69) is 0 Å². The lowest BCUT2D eigenvalue weighted by Gasteiger charge is -2.46. The Balaban J connectivity index is 1.43. The van der Waals surface area contributed by atoms with Gasteiger partial charge in [0.2, 0.25) is 11.8 Å². The third-order valence-electron chi connectivity index (χ3n) is 12.0. The number of anilines is 1. The lowest BCUT2D eigenvalue weighted by molar-refractivity contribution is -0.179. The minimum Gasteiger partial charge on any atom is -0.491 e. The number of aliphatic hydroxyl groups excluding tert-OH is 1. The molecule has 4 aromatic rings. The number of aliphatic hydroxyl groups is 1. The fourth-order valence-corrected chi connectivity index (χ4v) is 9.70. The van der Waals surface area contributed by atoms with Crippen LogP contribution in [0.15, 0.2) is 109 Å². The van der Waals surface area contributed by atoms with E-state index in [0.717, 1.165) is 48.1 Å². The van der Waals surface area contributed by atoms with Crippen molar-refractivity contribution in [2.45, 2.75) is 61.7 Å². The molecule has 3 amide bonds. The summed E-state index contributed by atoms with van der Waals surface area (Å²) in [5, 5.41) is 9.69. The van der Waals surface area contributed by atoms with Gasteiger partial charge in [0.1, 0.15) is 36.5 Å². The number of esters is 1. The fraction of sp³-hybridized carbons (Fsp3) is 0.391. The number of carbonyl (C=O) groups is 4. The maximum absolute atomic E-state index is 16.0. The van der Waals surface area contributed by atoms with Crippen LogP contribution in [0, 0.1) is 5.92 Å². The number of benzene rings is 4. The smallest absolute Gasteiger partial charge is 0.421 e. The van der Waals surface area contributed by atoms with Crippen LogP contribution in [0.1, 0.15) is 72.5 Å². The van der Waals surface area contributed by atoms with Crippen molar-refractivity contribution in [3.63, 3.8) is 0 Å². The monoisotopic (exact) mass is 787 g/mol. The van der Waals surface area contributed by atoms with E-state index in [1.165, 1.54) is 7.11 Å². The quantitative estimate of drug-likeness (QED) is 0.144. The van der Waals surface area contributed by atoms with Crippen molar-refractivity contribution in [3.05, 3.63) is 131 Å². The van der Waals surface area contributed by atoms with E-state index in [1.54, 1.807) is 42.5 Å². The van der Waals surface area contributed by atoms with Crippen LogP contribution < -0.4 is 9.64 Å². The van der Waals surface area contributed by atoms with Gasteiger partial charge in [0.25, 0.3) is 0 Å². The summed E-state index contributed by atoms with van der Waals surface area (Å²) in [5.74, 6) is -2.53. The molecule has 0 aliphatic carbocycles. The van der Waals surface area contributed by atoms with Crippen LogP contribution >= 0.6 is 0 Å². The molecule has 4 aromatic carbocycles. The van der Waals surface area contributed by atoms with E-state index in [1.807, 2.05) is 76.5 Å². The van der Waals surface area contributed by atoms with Gasteiger partial charge in [0.05, 0.1) is 36.9 Å². The summed E-state index contributed by atoms with van der Waals surface area (Å²) in [5.41, 5.74) is 1.03. The third-order valence-corrected chi connectivity index (χ3v) is 12.0. The van der Waals surface area contributed by atoms with E-state index in [9.17, 15) is 9.90 Å². The molecule has 0 radical (unpaired) electrons. The highest BCUT2D eigenvalue weighted by atomic mass is 16.6. The molecule has 0 saturated carbocycles. The Bertz CT molecular complexity index is 2110. The molecule has 4 aliphatic rings. The summed E-state index contributed by atoms with van der Waals surface area (Å²) in [7, 11) is 1.49. The van der Waals surface area contributed by atoms with Gasteiger partial charge in [0.15, 0.2) is 0 Å². The molecule has 6 atom stereocenters. The number of hydrogen-bond donors (Lipinski definition) is 1. The number of imide groups is 1. The molecule has 12 nitrogen and oxygen atoms in total. The Kier molecular flexibility index (Phi) is 11.6. The van der Waals surface area contributed by atoms with E-state index in [0.29, 0.717) is 30.0 Å². The number of nitrogens with zero attached hydrogens (tertiary/aromatic N) is 3. The summed E-state index contributed by atoms with van der Waals surface area (Å²) < 4.78 is 23.3. The van der Waals surface area contributed by atoms with Gasteiger partial charge in [-0.2, -0.15) is 0 Å². The highest BCUT2D eigenvalue weighted by Gasteiger charge is 2.76. The number of amides is 3. The average molecular weight is 788 g/mol. The molecule has 12 heteroatoms. The van der Waals surface area contributed by atoms with Gasteiger partial charge >= 0.3 is 12.1 Å². The first-order valence-corrected chi connectivity index (χ1v) is 20.2. The standard InChI is InChI=1S/C46H49N3O9/c1-55-28-29-57-45(54)48-36-23-12-11-22-35(36)46(44(48)53)37(42(51)47-24-13-3-2-4-14-25-47)39-43(52)58-40(32-18-9-6-10-19-32)38(31-16-7-5-8-17-31)49(39)41(46)33-20-15-21-34(30-33)56-27-26-50/h5-12,15-23,30,37-41,50H,2-4,13-14,24-29H2,1H3. The number of likely N-dealkylation sites (tertiary alicyclic amines) is 1. The maximum Gasteiger partial charge on any atom is 0.421 e. The molecule has 3 saturated heterocycles. The second-order valence-electron chi connectivity index (χ2n) is 15.3. The van der Waals surface area contributed by atoms with Gasteiger partial charge in [-0.1, -0.05) is 110 Å². The Hall–Kier alpha value is -5.56. The van der Waals surface area contributed by atoms with Gasteiger partial charge in [-0.15, -0.1) is 0 Å². The molecular formula is C46H49N3O9. The molecule has 4 aliphatic heterocycles. The number of para-hydroxylation sites is 1. The van der Waals surface area contributed by atoms with Crippen molar-refractivity contribution in [2.24, 2.45) is 5.92 Å². The maximum atomic E-state index is 16.0. The number of morpholine rings is 1. The van der Waals surface area contributed by atoms with Crippen molar-refractivity contribution in [1.82, 2.24) is 9.80 Å². The Morgan fingerprint density at radius 1 is 0.759 bits per heavy atom. The van der Waals surface area contributed by atoms with Gasteiger partial charge in [0, 0.05) is 20.2 Å². The third kappa shape index (κ3) is 6.82. The highest BCUT2D eigenvalue weighted by molar-refractivity contribution is 6.23. The lowest BCUT2D eigenvalue weighted by atomic mass is 9.65. The molecule has 0 bridgehead atoms. The largest absolute Gasteiger partial charge is 0.491 e. The number of carbonyl (C=O) groups excluding carboxylic acids is 4. The van der Waals surface area contributed by atoms with Crippen LogP contribution in [-0.2, 0) is 34.0 Å². The van der Waals surface area contributed by atoms with Crippen LogP contribution in [-0.4, -0.2) is 91.5 Å². The van der Waals surface area contributed by atoms with Crippen molar-refractivity contribution < 1.29 is 43.2 Å². The molecule has 58 heavy (non-hydrogen) atoms. The average Bonchev–Trinajstić information content (AvgIpc) is 3.70. The summed E-state index contributed by atoms with van der Waals surface area (Å²) in [4.78, 5) is 66.1. The number of cyclic esters (lactones) is 1. The molecule has 4 heterocycles. The summed E-state index contributed by atoms with van der Waals surface area (Å²) in [6.07, 6.45) is 2.80. The van der Waals surface area contributed by atoms with E-state index < -0.39 is 53.5 Å². The summed E-state index contributed by atoms with van der Waals surface area (Å²) in [6.45, 7) is 0.755. The predicted molar refractivity (Wildman–Crippen MR) is 214 cm³/mol. The first-order valence-electron chi connectivity index (χ1n) is 20.2. The summed E-state index contributed by atoms with van der Waals surface area (Å²) >= 11 is 0. The zero-order chi connectivity index (χ0) is 40.2. The van der Waals surface area contributed by atoms with Crippen LogP contribution in [0.4, 0.5) is 10.5 Å². The molecule has 3 fully saturated rings. The molecule has 8 rings (SSSR count). The number of rotatable bonds is 10. The van der Waals surface area contributed by atoms with Crippen molar-refractivity contribution in [3.8, 4) is 5.75 Å². The molecule has 302 valence electrons. The van der Waals surface area contributed by atoms with Crippen LogP contribution in [0.25, 0.3) is 0 Å². The molecular weight excluding hydrogens is 739 g/mol. The fourth-order valence-electron chi connectivity index (χ4n) is 9.70. The van der Waals surface area contributed by atoms with Crippen LogP contribution in [0.2, 0.25) is 0 Å². The number of fused-ring (bicyclic) bond motifs is 3. The van der Waals surface area contributed by atoms with Crippen LogP contribution in [0.3, 0.4) is 0 Å². The Morgan fingerprint density at radius 3 is 2.12 bits per heavy atom. The Labute approximate surface area is 338 Å². The van der Waals surface area contributed by atoms with Crippen molar-refractivity contribution >= 4 is 29.6 Å². The van der Waals surface area contributed by atoms with Gasteiger partial charge in [-0.25, -0.2) is 9.69 Å².